The van der Waals surface area contributed by atoms with Crippen molar-refractivity contribution in [3.05, 3.63) is 35.4 Å². The maximum Gasteiger partial charge on any atom is 0.153 e. The molecule has 0 unspecified atom stereocenters. The molecule has 0 bridgehead atoms. The summed E-state index contributed by atoms with van der Waals surface area (Å²) in [6.45, 7) is 0.775. The van der Waals surface area contributed by atoms with E-state index in [1.165, 1.54) is 6.07 Å². The molecule has 3 heteroatoms. The number of aromatic hydroxyl groups is 1. The summed E-state index contributed by atoms with van der Waals surface area (Å²) in [5, 5.41) is 12.2. The van der Waals surface area contributed by atoms with Crippen molar-refractivity contribution in [1.82, 2.24) is 5.32 Å². The molecule has 3 nitrogen and oxygen atoms in total. The molecule has 14 heavy (non-hydrogen) atoms. The summed E-state index contributed by atoms with van der Waals surface area (Å²) in [6, 6.07) is 4.92. The van der Waals surface area contributed by atoms with E-state index in [9.17, 15) is 9.90 Å². The molecular formula is C11H13NO2. The lowest BCUT2D eigenvalue weighted by molar-refractivity contribution is 0.112. The number of likely N-dealkylation sites (N-methyl/N-ethyl adjacent to an activating group) is 1. The van der Waals surface area contributed by atoms with Gasteiger partial charge in [0.05, 0.1) is 5.56 Å². The van der Waals surface area contributed by atoms with E-state index < -0.39 is 0 Å². The van der Waals surface area contributed by atoms with Crippen LogP contribution in [-0.2, 0) is 0 Å². The molecule has 0 saturated carbocycles. The van der Waals surface area contributed by atoms with Gasteiger partial charge in [0.15, 0.2) is 6.29 Å². The van der Waals surface area contributed by atoms with Gasteiger partial charge in [0, 0.05) is 6.54 Å². The molecular weight excluding hydrogens is 178 g/mol. The SMILES string of the molecule is CNCC=Cc1ccc(O)c(C=O)c1. The highest BCUT2D eigenvalue weighted by atomic mass is 16.3. The van der Waals surface area contributed by atoms with Crippen LogP contribution in [0.1, 0.15) is 15.9 Å². The van der Waals surface area contributed by atoms with Crippen molar-refractivity contribution in [1.29, 1.82) is 0 Å². The number of phenolic OH excluding ortho intramolecular Hbond substituents is 1. The molecule has 0 atom stereocenters. The lowest BCUT2D eigenvalue weighted by atomic mass is 10.1. The van der Waals surface area contributed by atoms with Gasteiger partial charge in [-0.3, -0.25) is 4.79 Å². The highest BCUT2D eigenvalue weighted by molar-refractivity contribution is 5.80. The number of nitrogens with one attached hydrogen (secondary N) is 1. The number of hydrogen-bond donors (Lipinski definition) is 2. The van der Waals surface area contributed by atoms with Gasteiger partial charge in [-0.25, -0.2) is 0 Å². The van der Waals surface area contributed by atoms with Crippen LogP contribution in [0.2, 0.25) is 0 Å². The monoisotopic (exact) mass is 191 g/mol. The Morgan fingerprint density at radius 1 is 1.50 bits per heavy atom. The Kier molecular flexibility index (Phi) is 3.88. The molecule has 0 radical (unpaired) electrons. The van der Waals surface area contributed by atoms with Crippen LogP contribution in [0.25, 0.3) is 6.08 Å². The summed E-state index contributed by atoms with van der Waals surface area (Å²) in [7, 11) is 1.86. The number of benzene rings is 1. The fourth-order valence-corrected chi connectivity index (χ4v) is 1.08. The molecule has 0 saturated heterocycles. The van der Waals surface area contributed by atoms with Gasteiger partial charge in [-0.2, -0.15) is 0 Å². The number of carbonyl (C=O) groups is 1. The average molecular weight is 191 g/mol. The first-order valence-electron chi connectivity index (χ1n) is 4.37. The number of aldehydes is 1. The van der Waals surface area contributed by atoms with E-state index in [-0.39, 0.29) is 5.75 Å². The van der Waals surface area contributed by atoms with Crippen LogP contribution in [0.15, 0.2) is 24.3 Å². The van der Waals surface area contributed by atoms with Crippen molar-refractivity contribution in [2.24, 2.45) is 0 Å². The molecule has 1 aromatic rings. The maximum absolute atomic E-state index is 10.5. The van der Waals surface area contributed by atoms with Crippen LogP contribution in [0.5, 0.6) is 5.75 Å². The lowest BCUT2D eigenvalue weighted by Gasteiger charge is -1.98. The van der Waals surface area contributed by atoms with E-state index >= 15 is 0 Å². The standard InChI is InChI=1S/C11H13NO2/c1-12-6-2-3-9-4-5-11(14)10(7-9)8-13/h2-5,7-8,12,14H,6H2,1H3. The largest absolute Gasteiger partial charge is 0.507 e. The van der Waals surface area contributed by atoms with Crippen molar-refractivity contribution in [2.75, 3.05) is 13.6 Å². The number of rotatable bonds is 4. The number of phenols is 1. The fraction of sp³-hybridized carbons (Fsp3) is 0.182. The molecule has 0 fully saturated rings. The van der Waals surface area contributed by atoms with E-state index in [1.807, 2.05) is 19.2 Å². The zero-order chi connectivity index (χ0) is 10.4. The van der Waals surface area contributed by atoms with Gasteiger partial charge in [0.25, 0.3) is 0 Å². The minimum absolute atomic E-state index is 0.0192. The van der Waals surface area contributed by atoms with Crippen LogP contribution < -0.4 is 5.32 Å². The molecule has 0 aromatic heterocycles. The van der Waals surface area contributed by atoms with Crippen LogP contribution in [0.4, 0.5) is 0 Å². The molecule has 1 rings (SSSR count). The summed E-state index contributed by atoms with van der Waals surface area (Å²) in [6.07, 6.45) is 4.48. The van der Waals surface area contributed by atoms with Gasteiger partial charge >= 0.3 is 0 Å². The van der Waals surface area contributed by atoms with Crippen molar-refractivity contribution in [3.8, 4) is 5.75 Å². The minimum Gasteiger partial charge on any atom is -0.507 e. The third kappa shape index (κ3) is 2.71. The quantitative estimate of drug-likeness (QED) is 0.708. The predicted octanol–water partition coefficient (Wildman–Crippen LogP) is 1.44. The van der Waals surface area contributed by atoms with Gasteiger partial charge in [0.2, 0.25) is 0 Å². The van der Waals surface area contributed by atoms with E-state index in [1.54, 1.807) is 12.1 Å². The van der Waals surface area contributed by atoms with Crippen LogP contribution in [0.3, 0.4) is 0 Å². The molecule has 74 valence electrons. The molecule has 2 N–H and O–H groups in total. The zero-order valence-electron chi connectivity index (χ0n) is 8.03. The van der Waals surface area contributed by atoms with E-state index in [4.69, 9.17) is 0 Å². The van der Waals surface area contributed by atoms with Gasteiger partial charge in [-0.1, -0.05) is 18.2 Å². The number of hydrogen-bond acceptors (Lipinski definition) is 3. The van der Waals surface area contributed by atoms with E-state index in [0.29, 0.717) is 11.8 Å². The summed E-state index contributed by atoms with van der Waals surface area (Å²) in [5.74, 6) is 0.0192. The topological polar surface area (TPSA) is 49.3 Å². The van der Waals surface area contributed by atoms with Crippen molar-refractivity contribution < 1.29 is 9.90 Å². The van der Waals surface area contributed by atoms with Crippen LogP contribution in [-0.4, -0.2) is 25.0 Å². The first-order chi connectivity index (χ1) is 6.77. The Morgan fingerprint density at radius 3 is 2.93 bits per heavy atom. The molecule has 0 aliphatic rings. The van der Waals surface area contributed by atoms with E-state index in [2.05, 4.69) is 5.32 Å². The van der Waals surface area contributed by atoms with Crippen LogP contribution in [0, 0.1) is 0 Å². The van der Waals surface area contributed by atoms with E-state index in [0.717, 1.165) is 12.1 Å². The lowest BCUT2D eigenvalue weighted by Crippen LogP contribution is -2.03. The maximum atomic E-state index is 10.5. The highest BCUT2D eigenvalue weighted by Gasteiger charge is 1.98. The van der Waals surface area contributed by atoms with Crippen molar-refractivity contribution in [2.45, 2.75) is 0 Å². The Balaban J connectivity index is 2.84. The Morgan fingerprint density at radius 2 is 2.29 bits per heavy atom. The first-order valence-corrected chi connectivity index (χ1v) is 4.37. The second-order valence-electron chi connectivity index (χ2n) is 2.90. The van der Waals surface area contributed by atoms with Gasteiger partial charge < -0.3 is 10.4 Å². The Bertz CT molecular complexity index is 345. The molecule has 0 amide bonds. The highest BCUT2D eigenvalue weighted by Crippen LogP contribution is 2.16. The van der Waals surface area contributed by atoms with Crippen molar-refractivity contribution >= 4 is 12.4 Å². The zero-order valence-corrected chi connectivity index (χ0v) is 8.03. The predicted molar refractivity (Wildman–Crippen MR) is 56.5 cm³/mol. The summed E-state index contributed by atoms with van der Waals surface area (Å²) in [4.78, 5) is 10.5. The van der Waals surface area contributed by atoms with Crippen molar-refractivity contribution in [3.63, 3.8) is 0 Å². The fourth-order valence-electron chi connectivity index (χ4n) is 1.08. The van der Waals surface area contributed by atoms with Gasteiger partial charge in [-0.15, -0.1) is 0 Å². The second kappa shape index (κ2) is 5.19. The Hall–Kier alpha value is -1.61. The molecule has 0 heterocycles. The smallest absolute Gasteiger partial charge is 0.153 e. The summed E-state index contributed by atoms with van der Waals surface area (Å²) >= 11 is 0. The van der Waals surface area contributed by atoms with Gasteiger partial charge in [-0.05, 0) is 24.7 Å². The van der Waals surface area contributed by atoms with Gasteiger partial charge in [0.1, 0.15) is 5.75 Å². The first kappa shape index (κ1) is 10.5. The number of carbonyl (C=O) groups excluding carboxylic acids is 1. The molecule has 1 aromatic carbocycles. The minimum atomic E-state index is 0.0192. The Labute approximate surface area is 83.1 Å². The second-order valence-corrected chi connectivity index (χ2v) is 2.90. The summed E-state index contributed by atoms with van der Waals surface area (Å²) < 4.78 is 0. The van der Waals surface area contributed by atoms with Crippen LogP contribution >= 0.6 is 0 Å². The summed E-state index contributed by atoms with van der Waals surface area (Å²) in [5.41, 5.74) is 1.22. The normalized spacial score (nSPS) is 10.6. The third-order valence-electron chi connectivity index (χ3n) is 1.81. The molecule has 0 aliphatic heterocycles. The molecule has 0 spiro atoms. The molecule has 0 aliphatic carbocycles. The average Bonchev–Trinajstić information content (AvgIpc) is 2.21. The third-order valence-corrected chi connectivity index (χ3v) is 1.81.